The van der Waals surface area contributed by atoms with Crippen LogP contribution in [-0.2, 0) is 24.9 Å². The molecule has 0 amide bonds. The first-order valence-corrected chi connectivity index (χ1v) is 11.0. The molecule has 2 N–H and O–H groups in total. The molecule has 0 bridgehead atoms. The normalized spacial score (nSPS) is 14.5. The van der Waals surface area contributed by atoms with E-state index in [1.807, 2.05) is 36.7 Å². The molecule has 10 nitrogen and oxygen atoms in total. The maximum absolute atomic E-state index is 5.42. The number of hydrogen-bond acceptors (Lipinski definition) is 7. The minimum atomic E-state index is 0. The van der Waals surface area contributed by atoms with Gasteiger partial charge in [-0.2, -0.15) is 0 Å². The predicted molar refractivity (Wildman–Crippen MR) is 139 cm³/mol. The van der Waals surface area contributed by atoms with E-state index in [0.29, 0.717) is 24.6 Å². The molecule has 1 aliphatic heterocycles. The van der Waals surface area contributed by atoms with Gasteiger partial charge in [0.2, 0.25) is 0 Å². The third kappa shape index (κ3) is 8.31. The van der Waals surface area contributed by atoms with Crippen molar-refractivity contribution in [3.63, 3.8) is 0 Å². The summed E-state index contributed by atoms with van der Waals surface area (Å²) in [6.45, 7) is 8.51. The second-order valence-corrected chi connectivity index (χ2v) is 7.66. The number of methoxy groups -OCH3 is 2. The van der Waals surface area contributed by atoms with Gasteiger partial charge in [0, 0.05) is 26.7 Å². The first kappa shape index (κ1) is 27.1. The van der Waals surface area contributed by atoms with E-state index in [-0.39, 0.29) is 24.0 Å². The van der Waals surface area contributed by atoms with Crippen molar-refractivity contribution < 1.29 is 14.2 Å². The maximum atomic E-state index is 5.42. The number of nitrogens with zero attached hydrogens (tertiary/aromatic N) is 5. The number of hydrogen-bond donors (Lipinski definition) is 2. The Morgan fingerprint density at radius 2 is 1.88 bits per heavy atom. The standard InChI is InChI=1S/C22H35N7O3.HI/c1-17-26-27-21(28(17)2)16-25-22(23-8-5-9-29-10-12-32-13-11-29)24-15-18-6-7-19(30-3)20(14-18)31-4;/h6-7,14H,5,8-13,15-16H2,1-4H3,(H2,23,24,25);1H. The number of aromatic nitrogens is 3. The average molecular weight is 573 g/mol. The zero-order chi connectivity index (χ0) is 22.8. The summed E-state index contributed by atoms with van der Waals surface area (Å²) in [6, 6.07) is 5.84. The molecule has 1 aliphatic rings. The van der Waals surface area contributed by atoms with Crippen LogP contribution in [0, 0.1) is 6.92 Å². The molecule has 0 radical (unpaired) electrons. The second-order valence-electron chi connectivity index (χ2n) is 7.66. The highest BCUT2D eigenvalue weighted by Crippen LogP contribution is 2.27. The number of halogens is 1. The number of morpholine rings is 1. The SMILES string of the molecule is COc1ccc(CN=C(NCCCN2CCOCC2)NCc2nnc(C)n2C)cc1OC.I. The lowest BCUT2D eigenvalue weighted by atomic mass is 10.2. The Kier molecular flexibility index (Phi) is 11.7. The van der Waals surface area contributed by atoms with Crippen molar-refractivity contribution in [3.05, 3.63) is 35.4 Å². The number of aliphatic imine (C=N–C) groups is 1. The number of ether oxygens (including phenoxy) is 3. The Labute approximate surface area is 213 Å². The average Bonchev–Trinajstić information content (AvgIpc) is 3.15. The van der Waals surface area contributed by atoms with E-state index in [1.165, 1.54) is 0 Å². The van der Waals surface area contributed by atoms with Gasteiger partial charge in [0.05, 0.1) is 40.5 Å². The number of aryl methyl sites for hydroxylation is 1. The highest BCUT2D eigenvalue weighted by atomic mass is 127. The topological polar surface area (TPSA) is 98.1 Å². The molecule has 1 fully saturated rings. The Bertz CT molecular complexity index is 885. The monoisotopic (exact) mass is 573 g/mol. The summed E-state index contributed by atoms with van der Waals surface area (Å²) in [5.41, 5.74) is 1.03. The fourth-order valence-electron chi connectivity index (χ4n) is 3.43. The van der Waals surface area contributed by atoms with E-state index < -0.39 is 0 Å². The van der Waals surface area contributed by atoms with Crippen molar-refractivity contribution in [2.24, 2.45) is 12.0 Å². The van der Waals surface area contributed by atoms with Crippen LogP contribution in [0.25, 0.3) is 0 Å². The molecular weight excluding hydrogens is 537 g/mol. The van der Waals surface area contributed by atoms with Gasteiger partial charge in [-0.3, -0.25) is 4.90 Å². The highest BCUT2D eigenvalue weighted by Gasteiger charge is 2.10. The highest BCUT2D eigenvalue weighted by molar-refractivity contribution is 14.0. The summed E-state index contributed by atoms with van der Waals surface area (Å²) in [5, 5.41) is 15.2. The molecule has 0 aliphatic carbocycles. The van der Waals surface area contributed by atoms with E-state index in [4.69, 9.17) is 19.2 Å². The lowest BCUT2D eigenvalue weighted by molar-refractivity contribution is 0.0376. The first-order valence-electron chi connectivity index (χ1n) is 11.0. The van der Waals surface area contributed by atoms with Crippen molar-refractivity contribution in [2.75, 3.05) is 53.6 Å². The molecule has 2 heterocycles. The molecule has 0 unspecified atom stereocenters. The largest absolute Gasteiger partial charge is 0.493 e. The second kappa shape index (κ2) is 14.2. The van der Waals surface area contributed by atoms with Crippen molar-refractivity contribution in [1.82, 2.24) is 30.3 Å². The van der Waals surface area contributed by atoms with Crippen LogP contribution >= 0.6 is 24.0 Å². The van der Waals surface area contributed by atoms with E-state index in [0.717, 1.165) is 69.0 Å². The smallest absolute Gasteiger partial charge is 0.191 e. The van der Waals surface area contributed by atoms with Crippen LogP contribution in [-0.4, -0.2) is 79.2 Å². The Morgan fingerprint density at radius 3 is 2.55 bits per heavy atom. The minimum Gasteiger partial charge on any atom is -0.493 e. The quantitative estimate of drug-likeness (QED) is 0.192. The lowest BCUT2D eigenvalue weighted by Gasteiger charge is -2.26. The summed E-state index contributed by atoms with van der Waals surface area (Å²) >= 11 is 0. The van der Waals surface area contributed by atoms with Gasteiger partial charge in [-0.25, -0.2) is 4.99 Å². The molecule has 1 aromatic carbocycles. The van der Waals surface area contributed by atoms with Crippen molar-refractivity contribution in [3.8, 4) is 11.5 Å². The molecule has 2 aromatic rings. The van der Waals surface area contributed by atoms with Crippen molar-refractivity contribution in [2.45, 2.75) is 26.4 Å². The molecular formula is C22H36IN7O3. The van der Waals surface area contributed by atoms with Gasteiger partial charge in [-0.15, -0.1) is 34.2 Å². The molecule has 33 heavy (non-hydrogen) atoms. The first-order chi connectivity index (χ1) is 15.6. The minimum absolute atomic E-state index is 0. The third-order valence-electron chi connectivity index (χ3n) is 5.51. The maximum Gasteiger partial charge on any atom is 0.191 e. The van der Waals surface area contributed by atoms with E-state index in [2.05, 4.69) is 25.7 Å². The predicted octanol–water partition coefficient (Wildman–Crippen LogP) is 1.72. The van der Waals surface area contributed by atoms with Crippen LogP contribution in [0.15, 0.2) is 23.2 Å². The van der Waals surface area contributed by atoms with Crippen molar-refractivity contribution >= 4 is 29.9 Å². The van der Waals surface area contributed by atoms with Gasteiger partial charge in [-0.05, 0) is 37.6 Å². The van der Waals surface area contributed by atoms with Crippen LogP contribution in [0.3, 0.4) is 0 Å². The lowest BCUT2D eigenvalue weighted by Crippen LogP contribution is -2.40. The van der Waals surface area contributed by atoms with Gasteiger partial charge in [-0.1, -0.05) is 6.07 Å². The summed E-state index contributed by atoms with van der Waals surface area (Å²) in [4.78, 5) is 7.20. The van der Waals surface area contributed by atoms with Crippen LogP contribution in [0.4, 0.5) is 0 Å². The van der Waals surface area contributed by atoms with Crippen LogP contribution in [0.2, 0.25) is 0 Å². The van der Waals surface area contributed by atoms with E-state index in [1.54, 1.807) is 14.2 Å². The summed E-state index contributed by atoms with van der Waals surface area (Å²) in [5.74, 6) is 3.88. The molecule has 1 saturated heterocycles. The molecule has 0 spiro atoms. The fraction of sp³-hybridized carbons (Fsp3) is 0.591. The van der Waals surface area contributed by atoms with Gasteiger partial charge in [0.25, 0.3) is 0 Å². The van der Waals surface area contributed by atoms with Crippen LogP contribution < -0.4 is 20.1 Å². The Balaban J connectivity index is 0.00000385. The van der Waals surface area contributed by atoms with E-state index in [9.17, 15) is 0 Å². The molecule has 184 valence electrons. The molecule has 11 heteroatoms. The van der Waals surface area contributed by atoms with Gasteiger partial charge < -0.3 is 29.4 Å². The molecule has 3 rings (SSSR count). The van der Waals surface area contributed by atoms with Crippen LogP contribution in [0.1, 0.15) is 23.6 Å². The van der Waals surface area contributed by atoms with Gasteiger partial charge in [0.15, 0.2) is 23.3 Å². The Morgan fingerprint density at radius 1 is 1.12 bits per heavy atom. The molecule has 0 saturated carbocycles. The number of rotatable bonds is 10. The summed E-state index contributed by atoms with van der Waals surface area (Å²) in [7, 11) is 5.23. The molecule has 0 atom stereocenters. The summed E-state index contributed by atoms with van der Waals surface area (Å²) in [6.07, 6.45) is 1.03. The summed E-state index contributed by atoms with van der Waals surface area (Å²) < 4.78 is 18.1. The van der Waals surface area contributed by atoms with Gasteiger partial charge in [0.1, 0.15) is 5.82 Å². The van der Waals surface area contributed by atoms with Gasteiger partial charge >= 0.3 is 0 Å². The third-order valence-corrected chi connectivity index (χ3v) is 5.51. The fourth-order valence-corrected chi connectivity index (χ4v) is 3.43. The zero-order valence-electron chi connectivity index (χ0n) is 20.0. The van der Waals surface area contributed by atoms with Crippen LogP contribution in [0.5, 0.6) is 11.5 Å². The number of nitrogens with one attached hydrogen (secondary N) is 2. The van der Waals surface area contributed by atoms with Crippen molar-refractivity contribution in [1.29, 1.82) is 0 Å². The number of guanidine groups is 1. The van der Waals surface area contributed by atoms with E-state index >= 15 is 0 Å². The Hall–Kier alpha value is -2.12. The molecule has 1 aromatic heterocycles. The zero-order valence-corrected chi connectivity index (χ0v) is 22.3. The number of benzene rings is 1.